The zero-order chi connectivity index (χ0) is 16.8. The predicted molar refractivity (Wildman–Crippen MR) is 92.4 cm³/mol. The molecule has 1 aromatic rings. The Morgan fingerprint density at radius 1 is 1.30 bits per heavy atom. The van der Waals surface area contributed by atoms with Gasteiger partial charge in [-0.2, -0.15) is 0 Å². The van der Waals surface area contributed by atoms with Crippen LogP contribution in [0.1, 0.15) is 47.7 Å². The largest absolute Gasteiger partial charge is 0.486 e. The predicted octanol–water partition coefficient (Wildman–Crippen LogP) is 3.41. The van der Waals surface area contributed by atoms with E-state index < -0.39 is 5.60 Å². The van der Waals surface area contributed by atoms with Crippen molar-refractivity contribution in [3.63, 3.8) is 0 Å². The van der Waals surface area contributed by atoms with E-state index in [0.29, 0.717) is 37.9 Å². The number of likely N-dealkylation sites (tertiary alicyclic amines) is 1. The van der Waals surface area contributed by atoms with Gasteiger partial charge < -0.3 is 9.64 Å². The molecule has 5 heteroatoms. The average Bonchev–Trinajstić information content (AvgIpc) is 2.51. The molecule has 2 aliphatic rings. The van der Waals surface area contributed by atoms with Gasteiger partial charge >= 0.3 is 0 Å². The summed E-state index contributed by atoms with van der Waals surface area (Å²) in [6.07, 6.45) is 1.82. The van der Waals surface area contributed by atoms with E-state index in [0.717, 1.165) is 16.9 Å². The van der Waals surface area contributed by atoms with Crippen LogP contribution >= 0.6 is 15.9 Å². The molecule has 0 N–H and O–H groups in total. The number of alkyl halides is 1. The molecular weight excluding hydrogens is 358 g/mol. The average molecular weight is 380 g/mol. The van der Waals surface area contributed by atoms with Crippen LogP contribution in [-0.2, 0) is 4.79 Å². The van der Waals surface area contributed by atoms with Crippen LogP contribution in [0.3, 0.4) is 0 Å². The molecule has 2 aliphatic heterocycles. The molecule has 1 atom stereocenters. The summed E-state index contributed by atoms with van der Waals surface area (Å²) in [4.78, 5) is 26.4. The number of amides is 1. The van der Waals surface area contributed by atoms with Gasteiger partial charge in [-0.25, -0.2) is 0 Å². The maximum Gasteiger partial charge on any atom is 0.236 e. The van der Waals surface area contributed by atoms with E-state index in [1.807, 2.05) is 37.8 Å². The van der Waals surface area contributed by atoms with E-state index in [1.165, 1.54) is 0 Å². The highest BCUT2D eigenvalue weighted by molar-refractivity contribution is 9.10. The number of hydrogen-bond donors (Lipinski definition) is 0. The molecule has 1 amide bonds. The standard InChI is InChI=1S/C18H22BrNO3/c1-11-4-5-14-15(21)10-18(23-16(14)12(11)2)6-8-20(9-7-18)17(22)13(3)19/h4-5,13H,6-10H2,1-3H3. The molecule has 4 nitrogen and oxygen atoms in total. The second-order valence-corrected chi connectivity index (χ2v) is 8.08. The number of benzene rings is 1. The Bertz CT molecular complexity index is 660. The molecule has 23 heavy (non-hydrogen) atoms. The normalized spacial score (nSPS) is 20.9. The Morgan fingerprint density at radius 2 is 1.96 bits per heavy atom. The first-order chi connectivity index (χ1) is 10.8. The first kappa shape index (κ1) is 16.5. The SMILES string of the molecule is Cc1ccc2c(c1C)OC1(CCN(C(=O)C(C)Br)CC1)CC2=O. The van der Waals surface area contributed by atoms with Crippen molar-refractivity contribution in [1.82, 2.24) is 4.90 Å². The van der Waals surface area contributed by atoms with Crippen molar-refractivity contribution < 1.29 is 14.3 Å². The summed E-state index contributed by atoms with van der Waals surface area (Å²) in [5.41, 5.74) is 2.43. The number of fused-ring (bicyclic) bond motifs is 1. The summed E-state index contributed by atoms with van der Waals surface area (Å²) in [6, 6.07) is 3.85. The molecule has 1 spiro atoms. The van der Waals surface area contributed by atoms with Crippen molar-refractivity contribution in [2.75, 3.05) is 13.1 Å². The fourth-order valence-electron chi connectivity index (χ4n) is 3.45. The van der Waals surface area contributed by atoms with Crippen LogP contribution in [-0.4, -0.2) is 40.1 Å². The maximum atomic E-state index is 12.6. The van der Waals surface area contributed by atoms with Crippen LogP contribution in [0.5, 0.6) is 5.75 Å². The van der Waals surface area contributed by atoms with Crippen molar-refractivity contribution in [3.8, 4) is 5.75 Å². The Hall–Kier alpha value is -1.36. The van der Waals surface area contributed by atoms with E-state index in [-0.39, 0.29) is 16.5 Å². The topological polar surface area (TPSA) is 46.6 Å². The fourth-order valence-corrected chi connectivity index (χ4v) is 3.74. The molecule has 0 saturated carbocycles. The third-order valence-electron chi connectivity index (χ3n) is 5.11. The summed E-state index contributed by atoms with van der Waals surface area (Å²) in [5.74, 6) is 1.01. The molecular formula is C18H22BrNO3. The zero-order valence-corrected chi connectivity index (χ0v) is 15.4. The van der Waals surface area contributed by atoms with Gasteiger partial charge in [-0.15, -0.1) is 0 Å². The monoisotopic (exact) mass is 379 g/mol. The highest BCUT2D eigenvalue weighted by Gasteiger charge is 2.44. The van der Waals surface area contributed by atoms with E-state index in [1.54, 1.807) is 0 Å². The van der Waals surface area contributed by atoms with Crippen LogP contribution in [0.2, 0.25) is 0 Å². The summed E-state index contributed by atoms with van der Waals surface area (Å²) < 4.78 is 6.36. The van der Waals surface area contributed by atoms with Crippen LogP contribution < -0.4 is 4.74 Å². The highest BCUT2D eigenvalue weighted by atomic mass is 79.9. The number of ether oxygens (including phenoxy) is 1. The van der Waals surface area contributed by atoms with E-state index in [2.05, 4.69) is 15.9 Å². The molecule has 0 radical (unpaired) electrons. The van der Waals surface area contributed by atoms with Gasteiger partial charge in [0.25, 0.3) is 0 Å². The van der Waals surface area contributed by atoms with Gasteiger partial charge in [0.1, 0.15) is 11.4 Å². The molecule has 1 unspecified atom stereocenters. The lowest BCUT2D eigenvalue weighted by Crippen LogP contribution is -2.53. The van der Waals surface area contributed by atoms with Crippen molar-refractivity contribution in [3.05, 3.63) is 28.8 Å². The summed E-state index contributed by atoms with van der Waals surface area (Å²) >= 11 is 3.33. The Labute approximate surface area is 145 Å². The second-order valence-electron chi connectivity index (χ2n) is 6.71. The number of hydrogen-bond acceptors (Lipinski definition) is 3. The third kappa shape index (κ3) is 2.91. The second kappa shape index (κ2) is 5.93. The number of ketones is 1. The lowest BCUT2D eigenvalue weighted by atomic mass is 9.81. The third-order valence-corrected chi connectivity index (χ3v) is 5.50. The lowest BCUT2D eigenvalue weighted by molar-refractivity contribution is -0.133. The fraction of sp³-hybridized carbons (Fsp3) is 0.556. The highest BCUT2D eigenvalue weighted by Crippen LogP contribution is 2.41. The number of carbonyl (C=O) groups excluding carboxylic acids is 2. The van der Waals surface area contributed by atoms with Crippen molar-refractivity contribution in [2.45, 2.75) is 50.5 Å². The number of carbonyl (C=O) groups is 2. The zero-order valence-electron chi connectivity index (χ0n) is 13.8. The molecule has 2 heterocycles. The van der Waals surface area contributed by atoms with Crippen molar-refractivity contribution in [1.29, 1.82) is 0 Å². The van der Waals surface area contributed by atoms with Crippen LogP contribution in [0, 0.1) is 13.8 Å². The first-order valence-corrected chi connectivity index (χ1v) is 9.00. The van der Waals surface area contributed by atoms with Crippen LogP contribution in [0.4, 0.5) is 0 Å². The summed E-state index contributed by atoms with van der Waals surface area (Å²) in [6.45, 7) is 7.16. The summed E-state index contributed by atoms with van der Waals surface area (Å²) in [5, 5.41) is 0. The van der Waals surface area contributed by atoms with E-state index >= 15 is 0 Å². The minimum Gasteiger partial charge on any atom is -0.486 e. The van der Waals surface area contributed by atoms with E-state index in [4.69, 9.17) is 4.74 Å². The van der Waals surface area contributed by atoms with Gasteiger partial charge in [0, 0.05) is 25.9 Å². The molecule has 0 aromatic heterocycles. The van der Waals surface area contributed by atoms with Gasteiger partial charge in [-0.05, 0) is 38.0 Å². The number of aryl methyl sites for hydroxylation is 1. The lowest BCUT2D eigenvalue weighted by Gasteiger charge is -2.44. The van der Waals surface area contributed by atoms with Crippen molar-refractivity contribution in [2.24, 2.45) is 0 Å². The van der Waals surface area contributed by atoms with Gasteiger partial charge in [-0.3, -0.25) is 9.59 Å². The number of piperidine rings is 1. The summed E-state index contributed by atoms with van der Waals surface area (Å²) in [7, 11) is 0. The van der Waals surface area contributed by atoms with Crippen LogP contribution in [0.15, 0.2) is 12.1 Å². The van der Waals surface area contributed by atoms with Gasteiger partial charge in [0.15, 0.2) is 5.78 Å². The maximum absolute atomic E-state index is 12.6. The number of Topliss-reactive ketones (excluding diaryl/α,β-unsaturated/α-hetero) is 1. The molecule has 0 aliphatic carbocycles. The smallest absolute Gasteiger partial charge is 0.236 e. The Morgan fingerprint density at radius 3 is 2.57 bits per heavy atom. The van der Waals surface area contributed by atoms with Gasteiger partial charge in [-0.1, -0.05) is 22.0 Å². The molecule has 1 saturated heterocycles. The molecule has 0 bridgehead atoms. The first-order valence-electron chi connectivity index (χ1n) is 8.08. The molecule has 124 valence electrons. The van der Waals surface area contributed by atoms with Gasteiger partial charge in [0.05, 0.1) is 16.8 Å². The minimum absolute atomic E-state index is 0.106. The molecule has 1 aromatic carbocycles. The molecule has 1 fully saturated rings. The minimum atomic E-state index is -0.449. The van der Waals surface area contributed by atoms with Crippen molar-refractivity contribution >= 4 is 27.6 Å². The number of nitrogens with zero attached hydrogens (tertiary/aromatic N) is 1. The number of halogens is 1. The van der Waals surface area contributed by atoms with Gasteiger partial charge in [0.2, 0.25) is 5.91 Å². The van der Waals surface area contributed by atoms with E-state index in [9.17, 15) is 9.59 Å². The Balaban J connectivity index is 1.82. The number of rotatable bonds is 1. The van der Waals surface area contributed by atoms with Crippen LogP contribution in [0.25, 0.3) is 0 Å². The Kier molecular flexibility index (Phi) is 4.25. The quantitative estimate of drug-likeness (QED) is 0.702. The molecule has 3 rings (SSSR count).